The fourth-order valence-electron chi connectivity index (χ4n) is 2.85. The zero-order valence-corrected chi connectivity index (χ0v) is 14.4. The molecule has 0 bridgehead atoms. The van der Waals surface area contributed by atoms with E-state index in [9.17, 15) is 4.79 Å². The summed E-state index contributed by atoms with van der Waals surface area (Å²) >= 11 is 1.63. The highest BCUT2D eigenvalue weighted by atomic mass is 32.1. The summed E-state index contributed by atoms with van der Waals surface area (Å²) in [5, 5.41) is 11.6. The van der Waals surface area contributed by atoms with Crippen LogP contribution in [0.5, 0.6) is 0 Å². The number of carbonyl (C=O) groups is 1. The quantitative estimate of drug-likeness (QED) is 0.746. The highest BCUT2D eigenvalue weighted by Crippen LogP contribution is 2.32. The van der Waals surface area contributed by atoms with Crippen molar-refractivity contribution in [1.29, 1.82) is 0 Å². The average Bonchev–Trinajstić information content (AvgIpc) is 3.21. The second-order valence-corrected chi connectivity index (χ2v) is 7.22. The SMILES string of the molecule is Cc1cc2c(Nc3n[nH]c4c3CN(C(=O)N(C)C)C4)ncnc2s1. The largest absolute Gasteiger partial charge is 0.331 e. The molecule has 2 amide bonds. The maximum absolute atomic E-state index is 12.1. The number of thiophene rings is 1. The summed E-state index contributed by atoms with van der Waals surface area (Å²) in [6.07, 6.45) is 1.55. The first-order valence-electron chi connectivity index (χ1n) is 7.53. The second-order valence-electron chi connectivity index (χ2n) is 5.99. The topological polar surface area (TPSA) is 90.0 Å². The third kappa shape index (κ3) is 2.37. The van der Waals surface area contributed by atoms with Crippen LogP contribution in [-0.2, 0) is 13.1 Å². The van der Waals surface area contributed by atoms with E-state index < -0.39 is 0 Å². The first kappa shape index (κ1) is 14.9. The van der Waals surface area contributed by atoms with Gasteiger partial charge in [-0.3, -0.25) is 5.10 Å². The summed E-state index contributed by atoms with van der Waals surface area (Å²) in [5.41, 5.74) is 1.96. The van der Waals surface area contributed by atoms with E-state index in [0.29, 0.717) is 18.9 Å². The average molecular weight is 343 g/mol. The molecule has 0 fully saturated rings. The number of H-pyrrole nitrogens is 1. The van der Waals surface area contributed by atoms with E-state index in [0.717, 1.165) is 27.3 Å². The maximum atomic E-state index is 12.1. The van der Waals surface area contributed by atoms with Crippen molar-refractivity contribution in [3.63, 3.8) is 0 Å². The molecule has 0 atom stereocenters. The molecule has 1 aliphatic heterocycles. The third-order valence-electron chi connectivity index (χ3n) is 3.99. The lowest BCUT2D eigenvalue weighted by atomic mass is 10.2. The van der Waals surface area contributed by atoms with Crippen LogP contribution in [0, 0.1) is 6.92 Å². The van der Waals surface area contributed by atoms with Gasteiger partial charge in [0, 0.05) is 24.5 Å². The number of aromatic nitrogens is 4. The Bertz CT molecular complexity index is 929. The number of nitrogens with zero attached hydrogens (tertiary/aromatic N) is 5. The third-order valence-corrected chi connectivity index (χ3v) is 4.95. The first-order chi connectivity index (χ1) is 11.5. The van der Waals surface area contributed by atoms with Crippen molar-refractivity contribution in [1.82, 2.24) is 30.0 Å². The highest BCUT2D eigenvalue weighted by molar-refractivity contribution is 7.18. The smallest absolute Gasteiger partial charge is 0.320 e. The van der Waals surface area contributed by atoms with Gasteiger partial charge >= 0.3 is 6.03 Å². The summed E-state index contributed by atoms with van der Waals surface area (Å²) in [6.45, 7) is 3.12. The van der Waals surface area contributed by atoms with Crippen molar-refractivity contribution >= 4 is 39.2 Å². The molecule has 9 heteroatoms. The molecule has 3 aromatic rings. The van der Waals surface area contributed by atoms with Crippen LogP contribution in [0.4, 0.5) is 16.4 Å². The number of aromatic amines is 1. The lowest BCUT2D eigenvalue weighted by Gasteiger charge is -2.20. The van der Waals surface area contributed by atoms with Gasteiger partial charge in [0.15, 0.2) is 5.82 Å². The summed E-state index contributed by atoms with van der Waals surface area (Å²) in [4.78, 5) is 26.3. The molecule has 0 radical (unpaired) electrons. The van der Waals surface area contributed by atoms with Crippen LogP contribution in [0.25, 0.3) is 10.2 Å². The van der Waals surface area contributed by atoms with Crippen LogP contribution in [0.3, 0.4) is 0 Å². The van der Waals surface area contributed by atoms with Crippen molar-refractivity contribution < 1.29 is 4.79 Å². The lowest BCUT2D eigenvalue weighted by Crippen LogP contribution is -2.35. The van der Waals surface area contributed by atoms with Crippen LogP contribution >= 0.6 is 11.3 Å². The Morgan fingerprint density at radius 2 is 2.17 bits per heavy atom. The van der Waals surface area contributed by atoms with Gasteiger partial charge in [-0.05, 0) is 13.0 Å². The van der Waals surface area contributed by atoms with E-state index in [1.54, 1.807) is 41.6 Å². The van der Waals surface area contributed by atoms with Crippen LogP contribution in [-0.4, -0.2) is 50.1 Å². The van der Waals surface area contributed by atoms with Gasteiger partial charge in [0.2, 0.25) is 0 Å². The summed E-state index contributed by atoms with van der Waals surface area (Å²) in [6, 6.07) is 2.06. The van der Waals surface area contributed by atoms with E-state index in [1.165, 1.54) is 4.88 Å². The second kappa shape index (κ2) is 5.45. The number of amides is 2. The summed E-state index contributed by atoms with van der Waals surface area (Å²) in [5.74, 6) is 1.44. The monoisotopic (exact) mass is 343 g/mol. The molecule has 2 N–H and O–H groups in total. The Labute approximate surface area is 142 Å². The lowest BCUT2D eigenvalue weighted by molar-refractivity contribution is 0.171. The number of anilines is 2. The number of hydrogen-bond donors (Lipinski definition) is 2. The van der Waals surface area contributed by atoms with Crippen LogP contribution < -0.4 is 5.32 Å². The van der Waals surface area contributed by atoms with Gasteiger partial charge in [-0.25, -0.2) is 14.8 Å². The van der Waals surface area contributed by atoms with Gasteiger partial charge < -0.3 is 15.1 Å². The molecule has 3 aromatic heterocycles. The molecular formula is C15H17N7OS. The number of rotatable bonds is 2. The molecule has 8 nitrogen and oxygen atoms in total. The van der Waals surface area contributed by atoms with Crippen LogP contribution in [0.1, 0.15) is 16.1 Å². The molecule has 0 aliphatic carbocycles. The Morgan fingerprint density at radius 3 is 2.96 bits per heavy atom. The predicted molar refractivity (Wildman–Crippen MR) is 92.4 cm³/mol. The molecule has 124 valence electrons. The standard InChI is InChI=1S/C15H17N7OS/c1-8-4-9-12(16-7-17-14(9)24-8)18-13-10-5-22(15(23)21(2)3)6-11(10)19-20-13/h4,7H,5-6H2,1-3H3,(H2,16,17,18,19,20). The Kier molecular flexibility index (Phi) is 3.38. The highest BCUT2D eigenvalue weighted by Gasteiger charge is 2.29. The summed E-state index contributed by atoms with van der Waals surface area (Å²) < 4.78 is 0. The summed E-state index contributed by atoms with van der Waals surface area (Å²) in [7, 11) is 3.51. The molecule has 4 rings (SSSR count). The molecule has 0 spiro atoms. The Hall–Kier alpha value is -2.68. The van der Waals surface area contributed by atoms with Gasteiger partial charge in [-0.1, -0.05) is 0 Å². The Balaban J connectivity index is 1.63. The van der Waals surface area contributed by atoms with Gasteiger partial charge in [-0.15, -0.1) is 11.3 Å². The zero-order chi connectivity index (χ0) is 16.8. The maximum Gasteiger partial charge on any atom is 0.320 e. The molecule has 0 saturated heterocycles. The number of nitrogens with one attached hydrogen (secondary N) is 2. The molecule has 4 heterocycles. The molecule has 1 aliphatic rings. The molecule has 0 aromatic carbocycles. The fraction of sp³-hybridized carbons (Fsp3) is 0.333. The van der Waals surface area contributed by atoms with Gasteiger partial charge in [0.25, 0.3) is 0 Å². The van der Waals surface area contributed by atoms with Gasteiger partial charge in [-0.2, -0.15) is 5.10 Å². The molecule has 24 heavy (non-hydrogen) atoms. The van der Waals surface area contributed by atoms with E-state index in [2.05, 4.69) is 31.5 Å². The van der Waals surface area contributed by atoms with Crippen molar-refractivity contribution in [2.45, 2.75) is 20.0 Å². The number of fused-ring (bicyclic) bond motifs is 2. The van der Waals surface area contributed by atoms with Crippen LogP contribution in [0.2, 0.25) is 0 Å². The van der Waals surface area contributed by atoms with Gasteiger partial charge in [0.1, 0.15) is 17.0 Å². The van der Waals surface area contributed by atoms with Crippen LogP contribution in [0.15, 0.2) is 12.4 Å². The van der Waals surface area contributed by atoms with Gasteiger partial charge in [0.05, 0.1) is 24.2 Å². The van der Waals surface area contributed by atoms with Crippen molar-refractivity contribution in [3.05, 3.63) is 28.5 Å². The first-order valence-corrected chi connectivity index (χ1v) is 8.35. The zero-order valence-electron chi connectivity index (χ0n) is 13.6. The molecule has 0 saturated carbocycles. The minimum Gasteiger partial charge on any atom is -0.331 e. The predicted octanol–water partition coefficient (Wildman–Crippen LogP) is 2.46. The van der Waals surface area contributed by atoms with E-state index >= 15 is 0 Å². The normalized spacial score (nSPS) is 13.4. The molecular weight excluding hydrogens is 326 g/mol. The molecule has 0 unspecified atom stereocenters. The number of aryl methyl sites for hydroxylation is 1. The van der Waals surface area contributed by atoms with Crippen molar-refractivity contribution in [3.8, 4) is 0 Å². The number of urea groups is 1. The Morgan fingerprint density at radius 1 is 1.33 bits per heavy atom. The van der Waals surface area contributed by atoms with Crippen molar-refractivity contribution in [2.75, 3.05) is 19.4 Å². The minimum absolute atomic E-state index is 0.0107. The van der Waals surface area contributed by atoms with E-state index in [1.807, 2.05) is 6.92 Å². The number of carbonyl (C=O) groups excluding carboxylic acids is 1. The van der Waals surface area contributed by atoms with Crippen molar-refractivity contribution in [2.24, 2.45) is 0 Å². The fourth-order valence-corrected chi connectivity index (χ4v) is 3.70. The van der Waals surface area contributed by atoms with E-state index in [4.69, 9.17) is 0 Å². The minimum atomic E-state index is -0.0107. The number of hydrogen-bond acceptors (Lipinski definition) is 6. The van der Waals surface area contributed by atoms with E-state index in [-0.39, 0.29) is 6.03 Å².